The molecule has 1 aliphatic heterocycles. The Morgan fingerprint density at radius 3 is 2.36 bits per heavy atom. The minimum atomic E-state index is -1.32. The third kappa shape index (κ3) is 4.03. The number of rotatable bonds is 4. The van der Waals surface area contributed by atoms with E-state index in [9.17, 15) is 4.21 Å². The molecule has 28 heavy (non-hydrogen) atoms. The molecule has 6 heteroatoms. The van der Waals surface area contributed by atoms with Gasteiger partial charge in [0.25, 0.3) is 0 Å². The van der Waals surface area contributed by atoms with Gasteiger partial charge in [0.1, 0.15) is 10.5 Å². The molecule has 148 valence electrons. The lowest BCUT2D eigenvalue weighted by Crippen LogP contribution is -2.38. The van der Waals surface area contributed by atoms with Gasteiger partial charge in [-0.2, -0.15) is 0 Å². The first-order chi connectivity index (χ1) is 13.1. The van der Waals surface area contributed by atoms with Crippen molar-refractivity contribution < 1.29 is 4.21 Å². The van der Waals surface area contributed by atoms with Crippen LogP contribution in [0, 0.1) is 0 Å². The van der Waals surface area contributed by atoms with Crippen LogP contribution < -0.4 is 10.2 Å². The average Bonchev–Trinajstić information content (AvgIpc) is 2.98. The van der Waals surface area contributed by atoms with Gasteiger partial charge >= 0.3 is 0 Å². The predicted octanol–water partition coefficient (Wildman–Crippen LogP) is 4.37. The molecule has 2 atom stereocenters. The number of anilines is 1. The van der Waals surface area contributed by atoms with E-state index in [1.165, 1.54) is 0 Å². The maximum atomic E-state index is 13.1. The van der Waals surface area contributed by atoms with Crippen molar-refractivity contribution in [2.24, 2.45) is 4.99 Å². The largest absolute Gasteiger partial charge is 0.370 e. The summed E-state index contributed by atoms with van der Waals surface area (Å²) in [5, 5.41) is 3.56. The number of aliphatic imine (C=N–C) groups is 1. The van der Waals surface area contributed by atoms with Crippen molar-refractivity contribution in [2.75, 3.05) is 11.9 Å². The van der Waals surface area contributed by atoms with Crippen LogP contribution in [0.2, 0.25) is 0 Å². The average molecular weight is 414 g/mol. The lowest BCUT2D eigenvalue weighted by Gasteiger charge is -2.35. The SMILES string of the molecule is CN(c1ccccc1CS(=O)C1=NC(C)(c2ccccc2)C(=S)N1)C(C)(C)C. The monoisotopic (exact) mass is 413 g/mol. The molecule has 1 N–H and O–H groups in total. The Morgan fingerprint density at radius 2 is 1.71 bits per heavy atom. The van der Waals surface area contributed by atoms with Gasteiger partial charge in [0.2, 0.25) is 0 Å². The van der Waals surface area contributed by atoms with Crippen molar-refractivity contribution in [3.63, 3.8) is 0 Å². The zero-order chi connectivity index (χ0) is 20.5. The number of benzene rings is 2. The molecule has 0 saturated carbocycles. The molecular formula is C22H27N3OS2. The third-order valence-electron chi connectivity index (χ3n) is 5.19. The fraction of sp³-hybridized carbons (Fsp3) is 0.364. The fourth-order valence-corrected chi connectivity index (χ4v) is 4.59. The Hall–Kier alpha value is -2.05. The van der Waals surface area contributed by atoms with Crippen molar-refractivity contribution in [1.82, 2.24) is 5.32 Å². The molecule has 1 aliphatic rings. The number of para-hydroxylation sites is 1. The van der Waals surface area contributed by atoms with Crippen molar-refractivity contribution >= 4 is 38.9 Å². The van der Waals surface area contributed by atoms with Crippen LogP contribution in [0.4, 0.5) is 5.69 Å². The van der Waals surface area contributed by atoms with Crippen LogP contribution in [0.3, 0.4) is 0 Å². The molecule has 1 heterocycles. The molecule has 0 saturated heterocycles. The van der Waals surface area contributed by atoms with Crippen LogP contribution in [0.25, 0.3) is 0 Å². The lowest BCUT2D eigenvalue weighted by atomic mass is 9.93. The van der Waals surface area contributed by atoms with Crippen molar-refractivity contribution in [3.05, 3.63) is 65.7 Å². The Balaban J connectivity index is 1.87. The van der Waals surface area contributed by atoms with E-state index in [2.05, 4.69) is 44.1 Å². The molecule has 2 unspecified atom stereocenters. The smallest absolute Gasteiger partial charge is 0.194 e. The van der Waals surface area contributed by atoms with E-state index in [4.69, 9.17) is 17.2 Å². The summed E-state index contributed by atoms with van der Waals surface area (Å²) in [4.78, 5) is 7.54. The van der Waals surface area contributed by atoms with Gasteiger partial charge in [-0.15, -0.1) is 0 Å². The highest BCUT2D eigenvalue weighted by atomic mass is 32.2. The standard InChI is InChI=1S/C22H27N3OS2/c1-21(2,3)25(5)18-14-10-9-11-16(18)15-28(26)20-23-19(27)22(4,24-20)17-12-7-6-8-13-17/h6-14H,15H2,1-5H3,(H,23,24,27). The maximum Gasteiger partial charge on any atom is 0.194 e. The van der Waals surface area contributed by atoms with Crippen molar-refractivity contribution in [2.45, 2.75) is 44.5 Å². The predicted molar refractivity (Wildman–Crippen MR) is 123 cm³/mol. The Morgan fingerprint density at radius 1 is 1.11 bits per heavy atom. The van der Waals surface area contributed by atoms with E-state index in [0.29, 0.717) is 15.9 Å². The van der Waals surface area contributed by atoms with Gasteiger partial charge in [-0.25, -0.2) is 4.99 Å². The van der Waals surface area contributed by atoms with Crippen LogP contribution >= 0.6 is 12.2 Å². The third-order valence-corrected chi connectivity index (χ3v) is 6.88. The number of hydrogen-bond acceptors (Lipinski definition) is 4. The molecule has 0 aromatic heterocycles. The zero-order valence-electron chi connectivity index (χ0n) is 17.0. The summed E-state index contributed by atoms with van der Waals surface area (Å²) in [7, 11) is 0.748. The molecule has 4 nitrogen and oxygen atoms in total. The van der Waals surface area contributed by atoms with Crippen LogP contribution in [0.5, 0.6) is 0 Å². The minimum absolute atomic E-state index is 0.0336. The lowest BCUT2D eigenvalue weighted by molar-refractivity contribution is 0.537. The van der Waals surface area contributed by atoms with E-state index in [-0.39, 0.29) is 5.54 Å². The second-order valence-electron chi connectivity index (χ2n) is 8.16. The summed E-state index contributed by atoms with van der Waals surface area (Å²) >= 11 is 5.54. The first-order valence-electron chi connectivity index (χ1n) is 9.30. The number of thiocarbonyl (C=S) groups is 1. The minimum Gasteiger partial charge on any atom is -0.370 e. The van der Waals surface area contributed by atoms with Gasteiger partial charge in [-0.3, -0.25) is 4.21 Å². The van der Waals surface area contributed by atoms with Crippen LogP contribution in [0.1, 0.15) is 38.8 Å². The number of hydrogen-bond donors (Lipinski definition) is 1. The van der Waals surface area contributed by atoms with E-state index in [0.717, 1.165) is 16.8 Å². The second-order valence-corrected chi connectivity index (χ2v) is 9.93. The number of nitrogens with zero attached hydrogens (tertiary/aromatic N) is 2. The maximum absolute atomic E-state index is 13.1. The molecule has 0 bridgehead atoms. The zero-order valence-corrected chi connectivity index (χ0v) is 18.7. The highest BCUT2D eigenvalue weighted by molar-refractivity contribution is 8.00. The molecule has 2 aromatic carbocycles. The molecule has 0 radical (unpaired) electrons. The van der Waals surface area contributed by atoms with Gasteiger partial charge in [0.15, 0.2) is 5.17 Å². The van der Waals surface area contributed by atoms with E-state index in [1.54, 1.807) is 0 Å². The summed E-state index contributed by atoms with van der Waals surface area (Å²) in [6, 6.07) is 18.0. The summed E-state index contributed by atoms with van der Waals surface area (Å²) in [6.07, 6.45) is 0. The van der Waals surface area contributed by atoms with E-state index >= 15 is 0 Å². The first kappa shape index (κ1) is 20.7. The van der Waals surface area contributed by atoms with Gasteiger partial charge < -0.3 is 10.2 Å². The molecule has 0 spiro atoms. The highest BCUT2D eigenvalue weighted by Gasteiger charge is 2.39. The van der Waals surface area contributed by atoms with Crippen LogP contribution in [-0.4, -0.2) is 27.0 Å². The molecule has 0 aliphatic carbocycles. The van der Waals surface area contributed by atoms with Gasteiger partial charge in [0, 0.05) is 18.3 Å². The number of amidine groups is 1. The summed E-state index contributed by atoms with van der Waals surface area (Å²) < 4.78 is 13.1. The van der Waals surface area contributed by atoms with E-state index < -0.39 is 16.3 Å². The Bertz CT molecular complexity index is 934. The molecule has 2 aromatic rings. The van der Waals surface area contributed by atoms with Gasteiger partial charge in [0.05, 0.1) is 16.6 Å². The molecule has 0 amide bonds. The molecule has 3 rings (SSSR count). The normalized spacial score (nSPS) is 20.5. The summed E-state index contributed by atoms with van der Waals surface area (Å²) in [5.74, 6) is 0.385. The van der Waals surface area contributed by atoms with Crippen molar-refractivity contribution in [1.29, 1.82) is 0 Å². The fourth-order valence-electron chi connectivity index (χ4n) is 3.10. The van der Waals surface area contributed by atoms with Gasteiger partial charge in [-0.05, 0) is 44.9 Å². The summed E-state index contributed by atoms with van der Waals surface area (Å²) in [6.45, 7) is 8.44. The Labute approximate surface area is 175 Å². The molecule has 0 fully saturated rings. The van der Waals surface area contributed by atoms with Crippen LogP contribution in [-0.2, 0) is 22.1 Å². The second kappa shape index (κ2) is 7.76. The summed E-state index contributed by atoms with van der Waals surface area (Å²) in [5.41, 5.74) is 2.39. The van der Waals surface area contributed by atoms with E-state index in [1.807, 2.05) is 55.5 Å². The van der Waals surface area contributed by atoms with Crippen molar-refractivity contribution in [3.8, 4) is 0 Å². The van der Waals surface area contributed by atoms with Crippen LogP contribution in [0.15, 0.2) is 59.6 Å². The molecular weight excluding hydrogens is 386 g/mol. The number of nitrogens with one attached hydrogen (secondary N) is 1. The topological polar surface area (TPSA) is 44.7 Å². The quantitative estimate of drug-likeness (QED) is 0.756. The first-order valence-corrected chi connectivity index (χ1v) is 11.0. The highest BCUT2D eigenvalue weighted by Crippen LogP contribution is 2.32. The Kier molecular flexibility index (Phi) is 5.73. The van der Waals surface area contributed by atoms with Gasteiger partial charge in [-0.1, -0.05) is 60.7 Å².